The highest BCUT2D eigenvalue weighted by molar-refractivity contribution is 6.04. The Kier molecular flexibility index (Phi) is 13.6. The first-order chi connectivity index (χ1) is 15.3. The number of nitrogens with zero attached hydrogens (tertiary/aromatic N) is 1. The second-order valence-corrected chi connectivity index (χ2v) is 9.19. The van der Waals surface area contributed by atoms with Crippen molar-refractivity contribution in [3.05, 3.63) is 37.0 Å². The van der Waals surface area contributed by atoms with Gasteiger partial charge in [-0.3, -0.25) is 19.3 Å². The summed E-state index contributed by atoms with van der Waals surface area (Å²) in [6.45, 7) is 13.9. The first kappa shape index (κ1) is 27.9. The summed E-state index contributed by atoms with van der Waals surface area (Å²) in [6.07, 6.45) is 15.6. The summed E-state index contributed by atoms with van der Waals surface area (Å²) in [5, 5.41) is 3.03. The maximum Gasteiger partial charge on any atom is 0.253 e. The van der Waals surface area contributed by atoms with Crippen molar-refractivity contribution in [2.45, 2.75) is 97.4 Å². The fourth-order valence-electron chi connectivity index (χ4n) is 4.16. The van der Waals surface area contributed by atoms with Gasteiger partial charge in [0.25, 0.3) is 5.91 Å². The number of hydrogen-bond donors (Lipinski definition) is 1. The van der Waals surface area contributed by atoms with Gasteiger partial charge in [0.2, 0.25) is 11.8 Å². The predicted molar refractivity (Wildman–Crippen MR) is 132 cm³/mol. The molecule has 0 fully saturated rings. The standard InChI is InChI=1S/C27H44N2O3/c1-6-8-10-12-16-21(3)26(31)28-19-15-14-18-24-23(5)20-25(30)29(24)27(32)22(4)17-13-11-9-7-2/h6-7,20-22,24H,1-2,8-19H2,3-5H3,(H,28,31)/t21-,22-,24+/m1/s1. The first-order valence-corrected chi connectivity index (χ1v) is 12.4. The van der Waals surface area contributed by atoms with Crippen LogP contribution in [0.4, 0.5) is 0 Å². The lowest BCUT2D eigenvalue weighted by Crippen LogP contribution is -2.43. The maximum atomic E-state index is 12.9. The highest BCUT2D eigenvalue weighted by Crippen LogP contribution is 2.27. The van der Waals surface area contributed by atoms with Crippen LogP contribution in [0.2, 0.25) is 0 Å². The summed E-state index contributed by atoms with van der Waals surface area (Å²) in [6, 6.07) is -0.148. The topological polar surface area (TPSA) is 66.5 Å². The van der Waals surface area contributed by atoms with Crippen LogP contribution in [0.5, 0.6) is 0 Å². The average Bonchev–Trinajstić information content (AvgIpc) is 3.05. The molecule has 0 aromatic carbocycles. The van der Waals surface area contributed by atoms with Gasteiger partial charge < -0.3 is 5.32 Å². The lowest BCUT2D eigenvalue weighted by molar-refractivity contribution is -0.145. The Balaban J connectivity index is 2.39. The summed E-state index contributed by atoms with van der Waals surface area (Å²) in [5.74, 6) is -0.270. The van der Waals surface area contributed by atoms with Gasteiger partial charge in [0.1, 0.15) is 0 Å². The SMILES string of the molecule is C=CCCCC[C@@H](C)C(=O)NCCCC[C@H]1C(C)=CC(=O)N1C(=O)[C@H](C)CCCCC=C. The van der Waals surface area contributed by atoms with E-state index in [1.54, 1.807) is 6.08 Å². The van der Waals surface area contributed by atoms with Gasteiger partial charge in [-0.25, -0.2) is 0 Å². The number of carbonyl (C=O) groups excluding carboxylic acids is 3. The molecule has 5 nitrogen and oxygen atoms in total. The molecule has 180 valence electrons. The van der Waals surface area contributed by atoms with E-state index in [1.807, 2.05) is 32.9 Å². The highest BCUT2D eigenvalue weighted by atomic mass is 16.2. The molecule has 0 saturated heterocycles. The van der Waals surface area contributed by atoms with Crippen molar-refractivity contribution in [2.75, 3.05) is 6.54 Å². The molecule has 0 bridgehead atoms. The van der Waals surface area contributed by atoms with Gasteiger partial charge in [-0.1, -0.05) is 38.8 Å². The van der Waals surface area contributed by atoms with Crippen molar-refractivity contribution in [1.82, 2.24) is 10.2 Å². The Bertz CT molecular complexity index is 668. The normalized spacial score (nSPS) is 17.6. The van der Waals surface area contributed by atoms with E-state index in [4.69, 9.17) is 0 Å². The molecule has 1 N–H and O–H groups in total. The summed E-state index contributed by atoms with van der Waals surface area (Å²) < 4.78 is 0. The molecule has 0 aromatic heterocycles. The summed E-state index contributed by atoms with van der Waals surface area (Å²) >= 11 is 0. The van der Waals surface area contributed by atoms with Crippen molar-refractivity contribution in [3.8, 4) is 0 Å². The van der Waals surface area contributed by atoms with E-state index in [9.17, 15) is 14.4 Å². The lowest BCUT2D eigenvalue weighted by Gasteiger charge is -2.27. The minimum absolute atomic E-state index is 0.0264. The van der Waals surface area contributed by atoms with E-state index in [2.05, 4.69) is 18.5 Å². The van der Waals surface area contributed by atoms with Crippen LogP contribution in [0.3, 0.4) is 0 Å². The number of carbonyl (C=O) groups is 3. The van der Waals surface area contributed by atoms with Crippen LogP contribution in [0.15, 0.2) is 37.0 Å². The number of unbranched alkanes of at least 4 members (excludes halogenated alkanes) is 5. The minimum atomic E-state index is -0.186. The van der Waals surface area contributed by atoms with Gasteiger partial charge in [0.05, 0.1) is 6.04 Å². The molecule has 3 amide bonds. The molecule has 0 radical (unpaired) electrons. The Morgan fingerprint density at radius 2 is 1.59 bits per heavy atom. The second kappa shape index (κ2) is 15.6. The zero-order valence-electron chi connectivity index (χ0n) is 20.5. The van der Waals surface area contributed by atoms with Crippen LogP contribution in [-0.2, 0) is 14.4 Å². The Morgan fingerprint density at radius 1 is 1.00 bits per heavy atom. The van der Waals surface area contributed by atoms with Crippen LogP contribution in [0, 0.1) is 11.8 Å². The molecule has 0 spiro atoms. The number of allylic oxidation sites excluding steroid dienone is 2. The third-order valence-corrected chi connectivity index (χ3v) is 6.33. The molecule has 0 aromatic rings. The third kappa shape index (κ3) is 9.54. The van der Waals surface area contributed by atoms with E-state index in [1.165, 1.54) is 4.90 Å². The monoisotopic (exact) mass is 444 g/mol. The van der Waals surface area contributed by atoms with Gasteiger partial charge in [-0.2, -0.15) is 0 Å². The molecule has 0 aliphatic carbocycles. The summed E-state index contributed by atoms with van der Waals surface area (Å²) in [5.41, 5.74) is 0.958. The van der Waals surface area contributed by atoms with Crippen LogP contribution in [0.1, 0.15) is 91.4 Å². The molecule has 3 atom stereocenters. The molecule has 1 aliphatic rings. The third-order valence-electron chi connectivity index (χ3n) is 6.33. The molecule has 1 heterocycles. The van der Waals surface area contributed by atoms with Crippen LogP contribution >= 0.6 is 0 Å². The van der Waals surface area contributed by atoms with Gasteiger partial charge in [0, 0.05) is 24.5 Å². The van der Waals surface area contributed by atoms with E-state index >= 15 is 0 Å². The number of rotatable bonds is 17. The van der Waals surface area contributed by atoms with E-state index in [-0.39, 0.29) is 35.6 Å². The van der Waals surface area contributed by atoms with Gasteiger partial charge in [-0.15, -0.1) is 13.2 Å². The van der Waals surface area contributed by atoms with Gasteiger partial charge in [0.15, 0.2) is 0 Å². The quantitative estimate of drug-likeness (QED) is 0.230. The number of imide groups is 1. The van der Waals surface area contributed by atoms with Crippen molar-refractivity contribution >= 4 is 17.7 Å². The molecule has 32 heavy (non-hydrogen) atoms. The molecule has 1 aliphatic heterocycles. The fraction of sp³-hybridized carbons (Fsp3) is 0.667. The lowest BCUT2D eigenvalue weighted by atomic mass is 9.98. The van der Waals surface area contributed by atoms with Crippen LogP contribution < -0.4 is 5.32 Å². The number of hydrogen-bond acceptors (Lipinski definition) is 3. The number of amides is 3. The Morgan fingerprint density at radius 3 is 2.19 bits per heavy atom. The van der Waals surface area contributed by atoms with Crippen molar-refractivity contribution < 1.29 is 14.4 Å². The zero-order chi connectivity index (χ0) is 23.9. The molecular formula is C27H44N2O3. The smallest absolute Gasteiger partial charge is 0.253 e. The van der Waals surface area contributed by atoms with Gasteiger partial charge >= 0.3 is 0 Å². The van der Waals surface area contributed by atoms with Crippen LogP contribution in [-0.4, -0.2) is 35.2 Å². The predicted octanol–water partition coefficient (Wildman–Crippen LogP) is 5.72. The van der Waals surface area contributed by atoms with Gasteiger partial charge in [-0.05, 0) is 70.3 Å². The molecule has 0 saturated carbocycles. The van der Waals surface area contributed by atoms with Crippen LogP contribution in [0.25, 0.3) is 0 Å². The first-order valence-electron chi connectivity index (χ1n) is 12.4. The average molecular weight is 445 g/mol. The summed E-state index contributed by atoms with van der Waals surface area (Å²) in [7, 11) is 0. The molecule has 1 rings (SSSR count). The molecular weight excluding hydrogens is 400 g/mol. The zero-order valence-corrected chi connectivity index (χ0v) is 20.5. The second-order valence-electron chi connectivity index (χ2n) is 9.19. The largest absolute Gasteiger partial charge is 0.356 e. The highest BCUT2D eigenvalue weighted by Gasteiger charge is 2.36. The van der Waals surface area contributed by atoms with Crippen molar-refractivity contribution in [3.63, 3.8) is 0 Å². The maximum absolute atomic E-state index is 12.9. The Hall–Kier alpha value is -2.17. The minimum Gasteiger partial charge on any atom is -0.356 e. The fourth-order valence-corrected chi connectivity index (χ4v) is 4.16. The van der Waals surface area contributed by atoms with E-state index in [0.717, 1.165) is 76.2 Å². The molecule has 5 heteroatoms. The Labute approximate surface area is 195 Å². The molecule has 0 unspecified atom stereocenters. The summed E-state index contributed by atoms with van der Waals surface area (Å²) in [4.78, 5) is 39.1. The van der Waals surface area contributed by atoms with E-state index in [0.29, 0.717) is 6.54 Å². The number of nitrogens with one attached hydrogen (secondary N) is 1. The van der Waals surface area contributed by atoms with Crippen molar-refractivity contribution in [2.24, 2.45) is 11.8 Å². The van der Waals surface area contributed by atoms with Crippen molar-refractivity contribution in [1.29, 1.82) is 0 Å². The van der Waals surface area contributed by atoms with E-state index < -0.39 is 0 Å².